The number of aromatic nitrogens is 1. The standard InChI is InChI=1S/C15H21BrN2O2/c1-18-6-4-12(5-7-18)3-2-8-20-15-9-13(11-19)14(16)10-17-15/h9-12H,2-8H2,1H3. The van der Waals surface area contributed by atoms with Crippen molar-refractivity contribution in [3.63, 3.8) is 0 Å². The van der Waals surface area contributed by atoms with Crippen molar-refractivity contribution in [2.75, 3.05) is 26.7 Å². The first-order valence-corrected chi connectivity index (χ1v) is 7.90. The highest BCUT2D eigenvalue weighted by molar-refractivity contribution is 9.10. The third-order valence-corrected chi connectivity index (χ3v) is 4.49. The van der Waals surface area contributed by atoms with E-state index >= 15 is 0 Å². The number of hydrogen-bond donors (Lipinski definition) is 0. The topological polar surface area (TPSA) is 42.4 Å². The van der Waals surface area contributed by atoms with Crippen LogP contribution in [-0.4, -0.2) is 42.9 Å². The molecule has 2 rings (SSSR count). The molecule has 0 aliphatic carbocycles. The van der Waals surface area contributed by atoms with Crippen LogP contribution in [0.1, 0.15) is 36.0 Å². The van der Waals surface area contributed by atoms with Crippen LogP contribution >= 0.6 is 15.9 Å². The fourth-order valence-corrected chi connectivity index (χ4v) is 2.81. The van der Waals surface area contributed by atoms with Crippen molar-refractivity contribution in [2.45, 2.75) is 25.7 Å². The lowest BCUT2D eigenvalue weighted by Crippen LogP contribution is -2.30. The highest BCUT2D eigenvalue weighted by Crippen LogP contribution is 2.22. The summed E-state index contributed by atoms with van der Waals surface area (Å²) in [7, 11) is 2.18. The Morgan fingerprint density at radius 2 is 2.25 bits per heavy atom. The van der Waals surface area contributed by atoms with Crippen molar-refractivity contribution in [2.24, 2.45) is 5.92 Å². The number of pyridine rings is 1. The summed E-state index contributed by atoms with van der Waals surface area (Å²) in [6.07, 6.45) is 7.26. The molecule has 20 heavy (non-hydrogen) atoms. The minimum atomic E-state index is 0.527. The number of carbonyl (C=O) groups is 1. The van der Waals surface area contributed by atoms with E-state index in [0.29, 0.717) is 22.5 Å². The molecule has 0 bridgehead atoms. The summed E-state index contributed by atoms with van der Waals surface area (Å²) in [5, 5.41) is 0. The summed E-state index contributed by atoms with van der Waals surface area (Å²) in [5.41, 5.74) is 0.574. The van der Waals surface area contributed by atoms with Gasteiger partial charge in [0, 0.05) is 22.3 Å². The van der Waals surface area contributed by atoms with Crippen LogP contribution in [0.25, 0.3) is 0 Å². The number of ether oxygens (including phenoxy) is 1. The molecule has 0 unspecified atom stereocenters. The molecule has 0 aromatic carbocycles. The molecule has 110 valence electrons. The minimum Gasteiger partial charge on any atom is -0.478 e. The van der Waals surface area contributed by atoms with Crippen LogP contribution < -0.4 is 4.74 Å². The molecule has 0 atom stereocenters. The van der Waals surface area contributed by atoms with Gasteiger partial charge in [0.05, 0.1) is 6.61 Å². The third-order valence-electron chi connectivity index (χ3n) is 3.83. The lowest BCUT2D eigenvalue weighted by atomic mass is 9.93. The molecule has 1 aromatic heterocycles. The van der Waals surface area contributed by atoms with E-state index in [1.165, 1.54) is 32.4 Å². The Bertz CT molecular complexity index is 445. The molecule has 2 heterocycles. The van der Waals surface area contributed by atoms with Gasteiger partial charge in [-0.15, -0.1) is 0 Å². The van der Waals surface area contributed by atoms with Crippen molar-refractivity contribution in [1.82, 2.24) is 9.88 Å². The second-order valence-electron chi connectivity index (χ2n) is 5.40. The predicted molar refractivity (Wildman–Crippen MR) is 82.3 cm³/mol. The highest BCUT2D eigenvalue weighted by Gasteiger charge is 2.16. The molecule has 0 N–H and O–H groups in total. The number of carbonyl (C=O) groups excluding carboxylic acids is 1. The first-order valence-electron chi connectivity index (χ1n) is 7.11. The first kappa shape index (κ1) is 15.4. The third kappa shape index (κ3) is 4.56. The maximum Gasteiger partial charge on any atom is 0.213 e. The lowest BCUT2D eigenvalue weighted by molar-refractivity contribution is 0.112. The average molecular weight is 341 g/mol. The molecule has 1 saturated heterocycles. The monoisotopic (exact) mass is 340 g/mol. The Kier molecular flexibility index (Phi) is 5.98. The van der Waals surface area contributed by atoms with Crippen molar-refractivity contribution in [1.29, 1.82) is 0 Å². The van der Waals surface area contributed by atoms with Crippen molar-refractivity contribution in [3.05, 3.63) is 22.3 Å². The summed E-state index contributed by atoms with van der Waals surface area (Å²) in [5.74, 6) is 1.36. The van der Waals surface area contributed by atoms with Gasteiger partial charge in [-0.25, -0.2) is 4.98 Å². The quantitative estimate of drug-likeness (QED) is 0.589. The van der Waals surface area contributed by atoms with Crippen LogP contribution in [0.5, 0.6) is 5.88 Å². The second-order valence-corrected chi connectivity index (χ2v) is 6.25. The summed E-state index contributed by atoms with van der Waals surface area (Å²) in [6, 6.07) is 1.67. The van der Waals surface area contributed by atoms with Gasteiger partial charge < -0.3 is 9.64 Å². The molecule has 4 nitrogen and oxygen atoms in total. The number of piperidine rings is 1. The van der Waals surface area contributed by atoms with Crippen molar-refractivity contribution >= 4 is 22.2 Å². The van der Waals surface area contributed by atoms with Gasteiger partial charge in [0.2, 0.25) is 5.88 Å². The van der Waals surface area contributed by atoms with Crippen LogP contribution in [0.15, 0.2) is 16.7 Å². The Morgan fingerprint density at radius 1 is 1.50 bits per heavy atom. The molecular formula is C15H21BrN2O2. The molecule has 1 fully saturated rings. The van der Waals surface area contributed by atoms with Gasteiger partial charge in [0.25, 0.3) is 0 Å². The van der Waals surface area contributed by atoms with Gasteiger partial charge in [-0.3, -0.25) is 4.79 Å². The number of halogens is 1. The molecule has 0 amide bonds. The number of rotatable bonds is 6. The molecule has 5 heteroatoms. The molecule has 1 aliphatic heterocycles. The summed E-state index contributed by atoms with van der Waals surface area (Å²) < 4.78 is 6.31. The van der Waals surface area contributed by atoms with E-state index in [0.717, 1.165) is 18.6 Å². The van der Waals surface area contributed by atoms with Crippen LogP contribution in [0.4, 0.5) is 0 Å². The second kappa shape index (κ2) is 7.74. The lowest BCUT2D eigenvalue weighted by Gasteiger charge is -2.28. The van der Waals surface area contributed by atoms with Crippen LogP contribution in [0.3, 0.4) is 0 Å². The maximum absolute atomic E-state index is 10.8. The van der Waals surface area contributed by atoms with Gasteiger partial charge in [-0.05, 0) is 67.7 Å². The number of hydrogen-bond acceptors (Lipinski definition) is 4. The fourth-order valence-electron chi connectivity index (χ4n) is 2.50. The van der Waals surface area contributed by atoms with Gasteiger partial charge in [-0.1, -0.05) is 0 Å². The summed E-state index contributed by atoms with van der Waals surface area (Å²) >= 11 is 3.28. The van der Waals surface area contributed by atoms with Crippen LogP contribution in [0, 0.1) is 5.92 Å². The van der Waals surface area contributed by atoms with E-state index in [-0.39, 0.29) is 0 Å². The fraction of sp³-hybridized carbons (Fsp3) is 0.600. The van der Waals surface area contributed by atoms with E-state index in [1.807, 2.05) is 0 Å². The normalized spacial score (nSPS) is 17.1. The van der Waals surface area contributed by atoms with Crippen molar-refractivity contribution in [3.8, 4) is 5.88 Å². The SMILES string of the molecule is CN1CCC(CCCOc2cc(C=O)c(Br)cn2)CC1. The van der Waals surface area contributed by atoms with E-state index < -0.39 is 0 Å². The van der Waals surface area contributed by atoms with Crippen LogP contribution in [-0.2, 0) is 0 Å². The Morgan fingerprint density at radius 3 is 2.95 bits per heavy atom. The summed E-state index contributed by atoms with van der Waals surface area (Å²) in [4.78, 5) is 17.4. The van der Waals surface area contributed by atoms with Crippen LogP contribution in [0.2, 0.25) is 0 Å². The summed E-state index contributed by atoms with van der Waals surface area (Å²) in [6.45, 7) is 3.09. The largest absolute Gasteiger partial charge is 0.478 e. The number of aldehydes is 1. The Hall–Kier alpha value is -0.940. The average Bonchev–Trinajstić information content (AvgIpc) is 2.47. The predicted octanol–water partition coefficient (Wildman–Crippen LogP) is 3.16. The van der Waals surface area contributed by atoms with Gasteiger partial charge >= 0.3 is 0 Å². The molecular weight excluding hydrogens is 320 g/mol. The van der Waals surface area contributed by atoms with Crippen molar-refractivity contribution < 1.29 is 9.53 Å². The van der Waals surface area contributed by atoms with E-state index in [4.69, 9.17) is 4.74 Å². The molecule has 1 aliphatic rings. The molecule has 0 radical (unpaired) electrons. The Labute approximate surface area is 128 Å². The van der Waals surface area contributed by atoms with Gasteiger partial charge in [-0.2, -0.15) is 0 Å². The van der Waals surface area contributed by atoms with E-state index in [1.54, 1.807) is 12.3 Å². The minimum absolute atomic E-state index is 0.527. The zero-order chi connectivity index (χ0) is 14.4. The number of likely N-dealkylation sites (tertiary alicyclic amines) is 1. The molecule has 0 saturated carbocycles. The smallest absolute Gasteiger partial charge is 0.213 e. The Balaban J connectivity index is 1.69. The zero-order valence-corrected chi connectivity index (χ0v) is 13.4. The van der Waals surface area contributed by atoms with E-state index in [2.05, 4.69) is 32.9 Å². The van der Waals surface area contributed by atoms with Gasteiger partial charge in [0.1, 0.15) is 0 Å². The first-order chi connectivity index (χ1) is 9.69. The molecule has 1 aromatic rings. The maximum atomic E-state index is 10.8. The van der Waals surface area contributed by atoms with Gasteiger partial charge in [0.15, 0.2) is 6.29 Å². The highest BCUT2D eigenvalue weighted by atomic mass is 79.9. The van der Waals surface area contributed by atoms with E-state index in [9.17, 15) is 4.79 Å². The zero-order valence-electron chi connectivity index (χ0n) is 11.8. The molecule has 0 spiro atoms. The number of nitrogens with zero attached hydrogens (tertiary/aromatic N) is 2.